The predicted octanol–water partition coefficient (Wildman–Crippen LogP) is 2.72. The number of hydrogen-bond acceptors (Lipinski definition) is 5. The van der Waals surface area contributed by atoms with Gasteiger partial charge in [0.25, 0.3) is 0 Å². The summed E-state index contributed by atoms with van der Waals surface area (Å²) in [4.78, 5) is 11.8. The molecule has 2 fully saturated rings. The maximum atomic E-state index is 5.63. The van der Waals surface area contributed by atoms with Gasteiger partial charge in [-0.3, -0.25) is 0 Å². The number of nitrogens with two attached hydrogens (primary N) is 1. The molecule has 0 aromatic carbocycles. The van der Waals surface area contributed by atoms with E-state index in [0.717, 1.165) is 23.0 Å². The van der Waals surface area contributed by atoms with Crippen LogP contribution in [0.1, 0.15) is 62.3 Å². The summed E-state index contributed by atoms with van der Waals surface area (Å²) in [6, 6.07) is 0.607. The van der Waals surface area contributed by atoms with E-state index in [1.54, 1.807) is 0 Å². The molecule has 0 bridgehead atoms. The van der Waals surface area contributed by atoms with Crippen molar-refractivity contribution in [3.8, 4) is 0 Å². The van der Waals surface area contributed by atoms with Gasteiger partial charge in [0.05, 0.1) is 0 Å². The Morgan fingerprint density at radius 2 is 1.80 bits per heavy atom. The quantitative estimate of drug-likeness (QED) is 0.653. The minimum absolute atomic E-state index is 0.543. The van der Waals surface area contributed by atoms with Crippen LogP contribution in [-0.2, 0) is 0 Å². The van der Waals surface area contributed by atoms with Gasteiger partial charge in [0.15, 0.2) is 0 Å². The largest absolute Gasteiger partial charge is 0.356 e. The third-order valence-corrected chi connectivity index (χ3v) is 4.67. The van der Waals surface area contributed by atoms with Crippen molar-refractivity contribution < 1.29 is 0 Å². The molecule has 3 rings (SSSR count). The molecular formula is C15H25N5. The first kappa shape index (κ1) is 13.6. The molecule has 1 aromatic rings. The van der Waals surface area contributed by atoms with E-state index in [4.69, 9.17) is 10.8 Å². The molecule has 1 aromatic heterocycles. The standard InChI is InChI=1S/C15H25N5/c1-10-13(19-16)17-14(11-8-9-11)18-15(10)20(2)12-6-4-3-5-7-12/h11-12H,3-9,16H2,1-2H3,(H,17,18,19). The van der Waals surface area contributed by atoms with Crippen molar-refractivity contribution >= 4 is 11.6 Å². The highest BCUT2D eigenvalue weighted by molar-refractivity contribution is 5.58. The number of nitrogens with one attached hydrogen (secondary N) is 1. The molecule has 0 saturated heterocycles. The van der Waals surface area contributed by atoms with Crippen molar-refractivity contribution in [2.24, 2.45) is 5.84 Å². The van der Waals surface area contributed by atoms with Gasteiger partial charge in [-0.1, -0.05) is 19.3 Å². The molecule has 0 amide bonds. The summed E-state index contributed by atoms with van der Waals surface area (Å²) in [6.45, 7) is 2.06. The molecule has 0 spiro atoms. The molecule has 2 aliphatic rings. The van der Waals surface area contributed by atoms with E-state index in [2.05, 4.69) is 29.3 Å². The van der Waals surface area contributed by atoms with Gasteiger partial charge in [-0.15, -0.1) is 0 Å². The number of anilines is 2. The second kappa shape index (κ2) is 5.56. The van der Waals surface area contributed by atoms with Crippen molar-refractivity contribution in [2.75, 3.05) is 17.4 Å². The molecular weight excluding hydrogens is 250 g/mol. The molecule has 110 valence electrons. The van der Waals surface area contributed by atoms with Crippen molar-refractivity contribution in [1.29, 1.82) is 0 Å². The van der Waals surface area contributed by atoms with Crippen LogP contribution < -0.4 is 16.2 Å². The Morgan fingerprint density at radius 1 is 1.10 bits per heavy atom. The first-order valence-electron chi connectivity index (χ1n) is 7.78. The second-order valence-electron chi connectivity index (χ2n) is 6.20. The van der Waals surface area contributed by atoms with Gasteiger partial charge in [0, 0.05) is 24.6 Å². The summed E-state index contributed by atoms with van der Waals surface area (Å²) in [5, 5.41) is 0. The first-order chi connectivity index (χ1) is 9.70. The highest BCUT2D eigenvalue weighted by atomic mass is 15.3. The number of aromatic nitrogens is 2. The van der Waals surface area contributed by atoms with Crippen LogP contribution in [0.3, 0.4) is 0 Å². The minimum atomic E-state index is 0.543. The summed E-state index contributed by atoms with van der Waals surface area (Å²) < 4.78 is 0. The lowest BCUT2D eigenvalue weighted by Crippen LogP contribution is -2.35. The minimum Gasteiger partial charge on any atom is -0.356 e. The highest BCUT2D eigenvalue weighted by Crippen LogP contribution is 2.40. The van der Waals surface area contributed by atoms with E-state index in [1.165, 1.54) is 44.9 Å². The summed E-state index contributed by atoms with van der Waals surface area (Å²) in [5.74, 6) is 8.97. The molecule has 2 aliphatic carbocycles. The van der Waals surface area contributed by atoms with Gasteiger partial charge in [0.2, 0.25) is 0 Å². The number of nitrogens with zero attached hydrogens (tertiary/aromatic N) is 3. The zero-order chi connectivity index (χ0) is 14.1. The van der Waals surface area contributed by atoms with Crippen molar-refractivity contribution in [3.05, 3.63) is 11.4 Å². The van der Waals surface area contributed by atoms with Crippen LogP contribution in [0.2, 0.25) is 0 Å². The van der Waals surface area contributed by atoms with E-state index in [0.29, 0.717) is 12.0 Å². The fraction of sp³-hybridized carbons (Fsp3) is 0.733. The van der Waals surface area contributed by atoms with Gasteiger partial charge in [-0.2, -0.15) is 0 Å². The summed E-state index contributed by atoms with van der Waals surface area (Å²) in [6.07, 6.45) is 8.98. The maximum Gasteiger partial charge on any atom is 0.148 e. The summed E-state index contributed by atoms with van der Waals surface area (Å²) >= 11 is 0. The maximum absolute atomic E-state index is 5.63. The van der Waals surface area contributed by atoms with Crippen LogP contribution in [-0.4, -0.2) is 23.1 Å². The van der Waals surface area contributed by atoms with E-state index in [9.17, 15) is 0 Å². The molecule has 0 radical (unpaired) electrons. The topological polar surface area (TPSA) is 67.1 Å². The Bertz CT molecular complexity index is 477. The first-order valence-corrected chi connectivity index (χ1v) is 7.78. The number of rotatable bonds is 4. The fourth-order valence-electron chi connectivity index (χ4n) is 3.17. The molecule has 3 N–H and O–H groups in total. The van der Waals surface area contributed by atoms with Crippen LogP contribution in [0.5, 0.6) is 0 Å². The normalized spacial score (nSPS) is 19.9. The van der Waals surface area contributed by atoms with E-state index in [-0.39, 0.29) is 0 Å². The van der Waals surface area contributed by atoms with Crippen LogP contribution in [0.4, 0.5) is 11.6 Å². The van der Waals surface area contributed by atoms with E-state index >= 15 is 0 Å². The van der Waals surface area contributed by atoms with Gasteiger partial charge >= 0.3 is 0 Å². The lowest BCUT2D eigenvalue weighted by Gasteiger charge is -2.33. The van der Waals surface area contributed by atoms with Gasteiger partial charge < -0.3 is 10.3 Å². The number of nitrogen functional groups attached to an aromatic ring is 1. The Morgan fingerprint density at radius 3 is 2.40 bits per heavy atom. The predicted molar refractivity (Wildman–Crippen MR) is 81.8 cm³/mol. The van der Waals surface area contributed by atoms with E-state index < -0.39 is 0 Å². The highest BCUT2D eigenvalue weighted by Gasteiger charge is 2.29. The summed E-state index contributed by atoms with van der Waals surface area (Å²) in [5.41, 5.74) is 3.80. The molecule has 0 aliphatic heterocycles. The SMILES string of the molecule is Cc1c(NN)nc(C2CC2)nc1N(C)C1CCCCC1. The molecule has 0 unspecified atom stereocenters. The van der Waals surface area contributed by atoms with Crippen LogP contribution in [0, 0.1) is 6.92 Å². The van der Waals surface area contributed by atoms with Crippen LogP contribution >= 0.6 is 0 Å². The molecule has 0 atom stereocenters. The van der Waals surface area contributed by atoms with Crippen LogP contribution in [0.25, 0.3) is 0 Å². The van der Waals surface area contributed by atoms with Crippen molar-refractivity contribution in [3.63, 3.8) is 0 Å². The van der Waals surface area contributed by atoms with Gasteiger partial charge in [-0.05, 0) is 32.6 Å². The lowest BCUT2D eigenvalue weighted by atomic mass is 9.94. The average molecular weight is 275 g/mol. The average Bonchev–Trinajstić information content (AvgIpc) is 3.32. The molecule has 2 saturated carbocycles. The Hall–Kier alpha value is -1.36. The molecule has 5 heteroatoms. The zero-order valence-corrected chi connectivity index (χ0v) is 12.5. The third kappa shape index (κ3) is 2.59. The molecule has 5 nitrogen and oxygen atoms in total. The van der Waals surface area contributed by atoms with Crippen molar-refractivity contribution in [1.82, 2.24) is 9.97 Å². The third-order valence-electron chi connectivity index (χ3n) is 4.67. The van der Waals surface area contributed by atoms with Gasteiger partial charge in [-0.25, -0.2) is 15.8 Å². The van der Waals surface area contributed by atoms with Crippen LogP contribution in [0.15, 0.2) is 0 Å². The Kier molecular flexibility index (Phi) is 3.78. The van der Waals surface area contributed by atoms with Gasteiger partial charge in [0.1, 0.15) is 17.5 Å². The number of hydrogen-bond donors (Lipinski definition) is 2. The molecule has 1 heterocycles. The Labute approximate surface area is 120 Å². The smallest absolute Gasteiger partial charge is 0.148 e. The van der Waals surface area contributed by atoms with E-state index in [1.807, 2.05) is 0 Å². The number of hydrazine groups is 1. The zero-order valence-electron chi connectivity index (χ0n) is 12.5. The fourth-order valence-corrected chi connectivity index (χ4v) is 3.17. The Balaban J connectivity index is 1.91. The second-order valence-corrected chi connectivity index (χ2v) is 6.20. The van der Waals surface area contributed by atoms with Crippen molar-refractivity contribution in [2.45, 2.75) is 63.8 Å². The lowest BCUT2D eigenvalue weighted by molar-refractivity contribution is 0.425. The molecule has 20 heavy (non-hydrogen) atoms. The monoisotopic (exact) mass is 275 g/mol. The summed E-state index contributed by atoms with van der Waals surface area (Å²) in [7, 11) is 2.17.